The van der Waals surface area contributed by atoms with Gasteiger partial charge in [-0.05, 0) is 31.2 Å². The standard InChI is InChI=1S/C17H24N2O3S/c1-23(21,22)18-11-5-8-15(13-18)17(20)19(16-9-10-16)12-14-6-3-2-4-7-14/h2-4,6-7,15-16H,5,8-13H2,1H3. The van der Waals surface area contributed by atoms with Crippen LogP contribution in [0.2, 0.25) is 0 Å². The second kappa shape index (κ2) is 6.61. The van der Waals surface area contributed by atoms with Gasteiger partial charge in [0, 0.05) is 25.7 Å². The van der Waals surface area contributed by atoms with Crippen LogP contribution in [0.1, 0.15) is 31.2 Å². The van der Waals surface area contributed by atoms with Crippen LogP contribution >= 0.6 is 0 Å². The van der Waals surface area contributed by atoms with Crippen molar-refractivity contribution < 1.29 is 13.2 Å². The summed E-state index contributed by atoms with van der Waals surface area (Å²) in [7, 11) is -3.22. The molecule has 126 valence electrons. The molecule has 0 N–H and O–H groups in total. The average Bonchev–Trinajstić information content (AvgIpc) is 3.37. The first-order valence-corrected chi connectivity index (χ1v) is 10.1. The minimum absolute atomic E-state index is 0.115. The first-order chi connectivity index (χ1) is 10.9. The van der Waals surface area contributed by atoms with Gasteiger partial charge in [0.2, 0.25) is 15.9 Å². The van der Waals surface area contributed by atoms with Gasteiger partial charge in [0.25, 0.3) is 0 Å². The summed E-state index contributed by atoms with van der Waals surface area (Å²) in [5, 5.41) is 0. The number of hydrogen-bond donors (Lipinski definition) is 0. The fraction of sp³-hybridized carbons (Fsp3) is 0.588. The van der Waals surface area contributed by atoms with E-state index in [1.807, 2.05) is 35.2 Å². The second-order valence-electron chi connectivity index (χ2n) is 6.64. The zero-order chi connectivity index (χ0) is 16.4. The van der Waals surface area contributed by atoms with Crippen LogP contribution in [0.4, 0.5) is 0 Å². The van der Waals surface area contributed by atoms with Crippen LogP contribution in [-0.2, 0) is 21.4 Å². The first-order valence-electron chi connectivity index (χ1n) is 8.24. The number of carbonyl (C=O) groups is 1. The summed E-state index contributed by atoms with van der Waals surface area (Å²) in [6.45, 7) is 1.49. The number of sulfonamides is 1. The van der Waals surface area contributed by atoms with Crippen molar-refractivity contribution in [2.75, 3.05) is 19.3 Å². The summed E-state index contributed by atoms with van der Waals surface area (Å²) in [6, 6.07) is 10.3. The molecule has 1 amide bonds. The smallest absolute Gasteiger partial charge is 0.227 e. The lowest BCUT2D eigenvalue weighted by Crippen LogP contribution is -2.46. The highest BCUT2D eigenvalue weighted by Gasteiger charge is 2.38. The van der Waals surface area contributed by atoms with Crippen molar-refractivity contribution in [1.82, 2.24) is 9.21 Å². The Labute approximate surface area is 138 Å². The molecule has 0 aromatic heterocycles. The van der Waals surface area contributed by atoms with Crippen LogP contribution in [0.25, 0.3) is 0 Å². The van der Waals surface area contributed by atoms with Crippen LogP contribution < -0.4 is 0 Å². The first kappa shape index (κ1) is 16.5. The number of hydrogen-bond acceptors (Lipinski definition) is 3. The summed E-state index contributed by atoms with van der Waals surface area (Å²) in [4.78, 5) is 14.9. The molecule has 1 heterocycles. The fourth-order valence-electron chi connectivity index (χ4n) is 3.23. The number of rotatable bonds is 5. The Morgan fingerprint density at radius 3 is 2.52 bits per heavy atom. The molecule has 1 aliphatic carbocycles. The summed E-state index contributed by atoms with van der Waals surface area (Å²) >= 11 is 0. The summed E-state index contributed by atoms with van der Waals surface area (Å²) in [5.74, 6) is -0.0903. The topological polar surface area (TPSA) is 57.7 Å². The van der Waals surface area contributed by atoms with Gasteiger partial charge in [0.05, 0.1) is 12.2 Å². The predicted octanol–water partition coefficient (Wildman–Crippen LogP) is 1.85. The summed E-state index contributed by atoms with van der Waals surface area (Å²) in [6.07, 6.45) is 4.88. The van der Waals surface area contributed by atoms with Crippen molar-refractivity contribution in [2.45, 2.75) is 38.3 Å². The van der Waals surface area contributed by atoms with Crippen molar-refractivity contribution in [3.05, 3.63) is 35.9 Å². The molecular formula is C17H24N2O3S. The lowest BCUT2D eigenvalue weighted by Gasteiger charge is -2.34. The van der Waals surface area contributed by atoms with Crippen molar-refractivity contribution >= 4 is 15.9 Å². The number of carbonyl (C=O) groups excluding carboxylic acids is 1. The quantitative estimate of drug-likeness (QED) is 0.824. The Bertz CT molecular complexity index is 656. The van der Waals surface area contributed by atoms with Crippen molar-refractivity contribution in [1.29, 1.82) is 0 Å². The largest absolute Gasteiger partial charge is 0.335 e. The number of piperidine rings is 1. The maximum Gasteiger partial charge on any atom is 0.227 e. The highest BCUT2D eigenvalue weighted by Crippen LogP contribution is 2.31. The van der Waals surface area contributed by atoms with E-state index in [0.29, 0.717) is 25.7 Å². The third kappa shape index (κ3) is 4.12. The fourth-order valence-corrected chi connectivity index (χ4v) is 4.14. The van der Waals surface area contributed by atoms with Crippen LogP contribution in [0.3, 0.4) is 0 Å². The molecule has 1 saturated carbocycles. The molecule has 6 heteroatoms. The van der Waals surface area contributed by atoms with Gasteiger partial charge >= 0.3 is 0 Å². The van der Waals surface area contributed by atoms with Crippen LogP contribution in [0, 0.1) is 5.92 Å². The van der Waals surface area contributed by atoms with Crippen molar-refractivity contribution in [2.24, 2.45) is 5.92 Å². The minimum atomic E-state index is -3.22. The van der Waals surface area contributed by atoms with Gasteiger partial charge in [0.15, 0.2) is 0 Å². The Morgan fingerprint density at radius 2 is 1.91 bits per heavy atom. The Hall–Kier alpha value is -1.40. The third-order valence-electron chi connectivity index (χ3n) is 4.67. The Balaban J connectivity index is 1.71. The van der Waals surface area contributed by atoms with E-state index in [0.717, 1.165) is 31.2 Å². The number of nitrogens with zero attached hydrogens (tertiary/aromatic N) is 2. The second-order valence-corrected chi connectivity index (χ2v) is 8.63. The summed E-state index contributed by atoms with van der Waals surface area (Å²) < 4.78 is 25.0. The zero-order valence-electron chi connectivity index (χ0n) is 13.5. The van der Waals surface area contributed by atoms with E-state index >= 15 is 0 Å². The molecule has 1 unspecified atom stereocenters. The molecule has 2 aliphatic rings. The normalized spacial score (nSPS) is 22.7. The minimum Gasteiger partial charge on any atom is -0.335 e. The van der Waals surface area contributed by atoms with Crippen molar-refractivity contribution in [3.63, 3.8) is 0 Å². The van der Waals surface area contributed by atoms with Crippen LogP contribution in [-0.4, -0.2) is 48.9 Å². The van der Waals surface area contributed by atoms with E-state index in [2.05, 4.69) is 0 Å². The molecule has 0 spiro atoms. The van der Waals surface area contributed by atoms with Gasteiger partial charge < -0.3 is 4.90 Å². The lowest BCUT2D eigenvalue weighted by atomic mass is 9.97. The molecule has 5 nitrogen and oxygen atoms in total. The van der Waals surface area contributed by atoms with E-state index in [1.165, 1.54) is 10.6 Å². The van der Waals surface area contributed by atoms with Crippen LogP contribution in [0.15, 0.2) is 30.3 Å². The average molecular weight is 336 g/mol. The van der Waals surface area contributed by atoms with Crippen LogP contribution in [0.5, 0.6) is 0 Å². The third-order valence-corrected chi connectivity index (χ3v) is 5.94. The van der Waals surface area contributed by atoms with E-state index in [4.69, 9.17) is 0 Å². The Kier molecular flexibility index (Phi) is 4.73. The van der Waals surface area contributed by atoms with Gasteiger partial charge in [-0.1, -0.05) is 30.3 Å². The molecule has 1 aromatic rings. The molecule has 1 aliphatic heterocycles. The van der Waals surface area contributed by atoms with Gasteiger partial charge in [0.1, 0.15) is 0 Å². The van der Waals surface area contributed by atoms with Gasteiger partial charge in [-0.3, -0.25) is 4.79 Å². The number of benzene rings is 1. The molecule has 23 heavy (non-hydrogen) atoms. The molecule has 3 rings (SSSR count). The van der Waals surface area contributed by atoms with E-state index in [1.54, 1.807) is 0 Å². The summed E-state index contributed by atoms with van der Waals surface area (Å²) in [5.41, 5.74) is 1.13. The molecule has 0 bridgehead atoms. The lowest BCUT2D eigenvalue weighted by molar-refractivity contribution is -0.138. The molecule has 2 fully saturated rings. The van der Waals surface area contributed by atoms with Crippen molar-refractivity contribution in [3.8, 4) is 0 Å². The molecular weight excluding hydrogens is 312 g/mol. The van der Waals surface area contributed by atoms with E-state index < -0.39 is 10.0 Å². The maximum atomic E-state index is 13.0. The van der Waals surface area contributed by atoms with E-state index in [-0.39, 0.29) is 11.8 Å². The van der Waals surface area contributed by atoms with Gasteiger partial charge in [-0.25, -0.2) is 12.7 Å². The van der Waals surface area contributed by atoms with E-state index in [9.17, 15) is 13.2 Å². The number of amides is 1. The molecule has 0 radical (unpaired) electrons. The maximum absolute atomic E-state index is 13.0. The molecule has 1 atom stereocenters. The van der Waals surface area contributed by atoms with Gasteiger partial charge in [-0.2, -0.15) is 0 Å². The molecule has 1 saturated heterocycles. The predicted molar refractivity (Wildman–Crippen MR) is 89.2 cm³/mol. The molecule has 1 aromatic carbocycles. The highest BCUT2D eigenvalue weighted by molar-refractivity contribution is 7.88. The highest BCUT2D eigenvalue weighted by atomic mass is 32.2. The van der Waals surface area contributed by atoms with Gasteiger partial charge in [-0.15, -0.1) is 0 Å². The monoisotopic (exact) mass is 336 g/mol. The SMILES string of the molecule is CS(=O)(=O)N1CCCC(C(=O)N(Cc2ccccc2)C2CC2)C1. The zero-order valence-corrected chi connectivity index (χ0v) is 14.3. The Morgan fingerprint density at radius 1 is 1.22 bits per heavy atom.